The Morgan fingerprint density at radius 2 is 1.88 bits per heavy atom. The van der Waals surface area contributed by atoms with Crippen molar-refractivity contribution >= 4 is 34.0 Å². The molecule has 0 radical (unpaired) electrons. The van der Waals surface area contributed by atoms with E-state index in [9.17, 15) is 4.79 Å². The molecule has 0 aliphatic carbocycles. The highest BCUT2D eigenvalue weighted by Crippen LogP contribution is 2.32. The van der Waals surface area contributed by atoms with E-state index in [0.29, 0.717) is 31.8 Å². The molecular weight excluding hydrogens is 374 g/mol. The number of benzene rings is 2. The minimum Gasteiger partial charge on any atom is -0.454 e. The second-order valence-electron chi connectivity index (χ2n) is 5.68. The first-order valence-electron chi connectivity index (χ1n) is 7.74. The molecule has 5 rings (SSSR count). The molecule has 0 amide bonds. The van der Waals surface area contributed by atoms with Crippen molar-refractivity contribution in [1.82, 2.24) is 14.6 Å². The average Bonchev–Trinajstić information content (AvgIpc) is 3.33. The molecule has 6 nitrogen and oxygen atoms in total. The fourth-order valence-electron chi connectivity index (χ4n) is 2.80. The number of thiazole rings is 1. The molecule has 2 aromatic heterocycles. The van der Waals surface area contributed by atoms with Crippen LogP contribution in [0.1, 0.15) is 5.56 Å². The van der Waals surface area contributed by atoms with E-state index >= 15 is 0 Å². The maximum Gasteiger partial charge on any atom is 0.276 e. The van der Waals surface area contributed by atoms with Crippen molar-refractivity contribution in [3.05, 3.63) is 67.9 Å². The van der Waals surface area contributed by atoms with Crippen LogP contribution in [0.3, 0.4) is 0 Å². The summed E-state index contributed by atoms with van der Waals surface area (Å²) in [6.07, 6.45) is 1.81. The fraction of sp³-hybridized carbons (Fsp3) is 0.0556. The van der Waals surface area contributed by atoms with Gasteiger partial charge in [-0.15, -0.1) is 10.2 Å². The van der Waals surface area contributed by atoms with Gasteiger partial charge in [0.05, 0.1) is 4.53 Å². The van der Waals surface area contributed by atoms with Gasteiger partial charge in [0.25, 0.3) is 5.56 Å². The SMILES string of the molecule is O=c1/c(=C\c2ccc3c(c2)OCO3)sc2nnc(-c3ccc(Cl)cc3)n12. The highest BCUT2D eigenvalue weighted by molar-refractivity contribution is 7.15. The van der Waals surface area contributed by atoms with Gasteiger partial charge in [0.1, 0.15) is 0 Å². The molecule has 3 heterocycles. The number of nitrogens with zero attached hydrogens (tertiary/aromatic N) is 3. The summed E-state index contributed by atoms with van der Waals surface area (Å²) in [6.45, 7) is 0.217. The minimum atomic E-state index is -0.155. The van der Waals surface area contributed by atoms with Gasteiger partial charge in [-0.3, -0.25) is 4.79 Å². The van der Waals surface area contributed by atoms with E-state index in [1.165, 1.54) is 15.7 Å². The van der Waals surface area contributed by atoms with Crippen molar-refractivity contribution in [2.75, 3.05) is 6.79 Å². The third-order valence-electron chi connectivity index (χ3n) is 4.05. The predicted molar refractivity (Wildman–Crippen MR) is 98.9 cm³/mol. The molecule has 0 atom stereocenters. The summed E-state index contributed by atoms with van der Waals surface area (Å²) in [7, 11) is 0. The van der Waals surface area contributed by atoms with E-state index in [1.807, 2.05) is 36.4 Å². The lowest BCUT2D eigenvalue weighted by Crippen LogP contribution is -2.23. The summed E-state index contributed by atoms with van der Waals surface area (Å²) in [6, 6.07) is 12.7. The predicted octanol–water partition coefficient (Wildman–Crippen LogP) is 2.75. The van der Waals surface area contributed by atoms with Gasteiger partial charge in [0.2, 0.25) is 11.8 Å². The zero-order chi connectivity index (χ0) is 17.7. The van der Waals surface area contributed by atoms with Crippen LogP contribution in [-0.4, -0.2) is 21.4 Å². The maximum atomic E-state index is 12.9. The van der Waals surface area contributed by atoms with Gasteiger partial charge in [-0.05, 0) is 48.0 Å². The van der Waals surface area contributed by atoms with Crippen LogP contribution in [0, 0.1) is 0 Å². The maximum absolute atomic E-state index is 12.9. The van der Waals surface area contributed by atoms with E-state index in [-0.39, 0.29) is 12.4 Å². The summed E-state index contributed by atoms with van der Waals surface area (Å²) in [5.41, 5.74) is 1.49. The number of halogens is 1. The van der Waals surface area contributed by atoms with Gasteiger partial charge in [0, 0.05) is 10.6 Å². The smallest absolute Gasteiger partial charge is 0.276 e. The molecule has 0 fully saturated rings. The molecule has 26 heavy (non-hydrogen) atoms. The molecule has 2 aromatic carbocycles. The lowest BCUT2D eigenvalue weighted by molar-refractivity contribution is 0.174. The quantitative estimate of drug-likeness (QED) is 0.532. The van der Waals surface area contributed by atoms with Crippen LogP contribution >= 0.6 is 22.9 Å². The Labute approximate surface area is 155 Å². The number of rotatable bonds is 2. The monoisotopic (exact) mass is 383 g/mol. The zero-order valence-electron chi connectivity index (χ0n) is 13.2. The van der Waals surface area contributed by atoms with Crippen molar-refractivity contribution < 1.29 is 9.47 Å². The molecule has 8 heteroatoms. The molecule has 0 saturated heterocycles. The fourth-order valence-corrected chi connectivity index (χ4v) is 3.84. The third kappa shape index (κ3) is 2.44. The summed E-state index contributed by atoms with van der Waals surface area (Å²) in [5.74, 6) is 1.89. The van der Waals surface area contributed by atoms with Crippen molar-refractivity contribution in [3.63, 3.8) is 0 Å². The minimum absolute atomic E-state index is 0.155. The van der Waals surface area contributed by atoms with Crippen molar-refractivity contribution in [3.8, 4) is 22.9 Å². The van der Waals surface area contributed by atoms with Crippen molar-refractivity contribution in [2.45, 2.75) is 0 Å². The molecule has 4 aromatic rings. The second kappa shape index (κ2) is 5.82. The number of aromatic nitrogens is 3. The number of fused-ring (bicyclic) bond motifs is 2. The lowest BCUT2D eigenvalue weighted by Gasteiger charge is -1.97. The Kier molecular flexibility index (Phi) is 3.44. The van der Waals surface area contributed by atoms with Crippen molar-refractivity contribution in [1.29, 1.82) is 0 Å². The molecular formula is C18H10ClN3O3S. The van der Waals surface area contributed by atoms with Gasteiger partial charge in [0.15, 0.2) is 17.3 Å². The van der Waals surface area contributed by atoms with Crippen LogP contribution in [0.2, 0.25) is 5.02 Å². The van der Waals surface area contributed by atoms with Crippen LogP contribution in [0.5, 0.6) is 11.5 Å². The summed E-state index contributed by atoms with van der Waals surface area (Å²) in [4.78, 5) is 13.4. The molecule has 1 aliphatic heterocycles. The van der Waals surface area contributed by atoms with Gasteiger partial charge in [-0.1, -0.05) is 29.0 Å². The summed E-state index contributed by atoms with van der Waals surface area (Å²) < 4.78 is 12.8. The van der Waals surface area contributed by atoms with E-state index < -0.39 is 0 Å². The van der Waals surface area contributed by atoms with E-state index in [0.717, 1.165) is 11.1 Å². The van der Waals surface area contributed by atoms with Crippen LogP contribution in [0.25, 0.3) is 22.4 Å². The van der Waals surface area contributed by atoms with Crippen LogP contribution in [0.15, 0.2) is 47.3 Å². The lowest BCUT2D eigenvalue weighted by atomic mass is 10.2. The molecule has 0 N–H and O–H groups in total. The van der Waals surface area contributed by atoms with Crippen molar-refractivity contribution in [2.24, 2.45) is 0 Å². The van der Waals surface area contributed by atoms with E-state index in [2.05, 4.69) is 10.2 Å². The second-order valence-corrected chi connectivity index (χ2v) is 7.12. The molecule has 0 spiro atoms. The van der Waals surface area contributed by atoms with Gasteiger partial charge in [-0.2, -0.15) is 0 Å². The number of hydrogen-bond acceptors (Lipinski definition) is 6. The van der Waals surface area contributed by atoms with Crippen LogP contribution < -0.4 is 19.6 Å². The van der Waals surface area contributed by atoms with Gasteiger partial charge in [-0.25, -0.2) is 4.40 Å². The van der Waals surface area contributed by atoms with E-state index in [1.54, 1.807) is 12.1 Å². The molecule has 0 bridgehead atoms. The molecule has 1 aliphatic rings. The first-order chi connectivity index (χ1) is 12.7. The van der Waals surface area contributed by atoms with E-state index in [4.69, 9.17) is 21.1 Å². The Morgan fingerprint density at radius 1 is 1.08 bits per heavy atom. The number of hydrogen-bond donors (Lipinski definition) is 0. The van der Waals surface area contributed by atoms with Crippen LogP contribution in [-0.2, 0) is 0 Å². The number of ether oxygens (including phenoxy) is 2. The third-order valence-corrected chi connectivity index (χ3v) is 5.26. The normalized spacial score (nSPS) is 13.7. The Bertz CT molecular complexity index is 1250. The first kappa shape index (κ1) is 15.4. The highest BCUT2D eigenvalue weighted by atomic mass is 35.5. The van der Waals surface area contributed by atoms with Gasteiger partial charge < -0.3 is 9.47 Å². The molecule has 128 valence electrons. The highest BCUT2D eigenvalue weighted by Gasteiger charge is 2.15. The Balaban J connectivity index is 1.65. The van der Waals surface area contributed by atoms with Crippen LogP contribution in [0.4, 0.5) is 0 Å². The Morgan fingerprint density at radius 3 is 2.73 bits per heavy atom. The summed E-state index contributed by atoms with van der Waals surface area (Å²) in [5, 5.41) is 8.90. The average molecular weight is 384 g/mol. The Hall–Kier alpha value is -2.90. The van der Waals surface area contributed by atoms with Gasteiger partial charge >= 0.3 is 0 Å². The molecule has 0 saturated carbocycles. The summed E-state index contributed by atoms with van der Waals surface area (Å²) >= 11 is 7.22. The molecule has 0 unspecified atom stereocenters. The zero-order valence-corrected chi connectivity index (χ0v) is 14.8. The first-order valence-corrected chi connectivity index (χ1v) is 8.94. The topological polar surface area (TPSA) is 65.7 Å². The largest absolute Gasteiger partial charge is 0.454 e. The standard InChI is InChI=1S/C18H10ClN3O3S/c19-12-4-2-11(3-5-12)16-20-21-18-22(16)17(23)15(26-18)8-10-1-6-13-14(7-10)25-9-24-13/h1-8H,9H2/b15-8+.